The number of benzene rings is 2. The molecule has 3 rings (SSSR count). The smallest absolute Gasteiger partial charge is 0.232 e. The second-order valence-electron chi connectivity index (χ2n) is 7.31. The van der Waals surface area contributed by atoms with Crippen molar-refractivity contribution >= 4 is 0 Å². The molecule has 136 valence electrons. The standard InChI is InChI=1S/C21H24N2O3/c1-14-6-8-15(9-7-14)13-25-17-11-10-16(12-18(17)24-5)19-22-20(26-23-19)21(2,3)4/h6-12H,13H2,1-5H3. The molecule has 0 aliphatic rings. The molecule has 0 atom stereocenters. The van der Waals surface area contributed by atoms with E-state index in [4.69, 9.17) is 14.0 Å². The van der Waals surface area contributed by atoms with Crippen molar-refractivity contribution in [2.24, 2.45) is 0 Å². The number of aryl methyl sites for hydroxylation is 1. The van der Waals surface area contributed by atoms with Crippen LogP contribution in [-0.2, 0) is 12.0 Å². The third kappa shape index (κ3) is 4.04. The zero-order chi connectivity index (χ0) is 18.7. The quantitative estimate of drug-likeness (QED) is 0.651. The first-order chi connectivity index (χ1) is 12.4. The van der Waals surface area contributed by atoms with Crippen LogP contribution in [0.2, 0.25) is 0 Å². The number of aromatic nitrogens is 2. The molecule has 2 aromatic carbocycles. The Hall–Kier alpha value is -2.82. The van der Waals surface area contributed by atoms with E-state index in [1.54, 1.807) is 7.11 Å². The van der Waals surface area contributed by atoms with Gasteiger partial charge in [0.05, 0.1) is 7.11 Å². The van der Waals surface area contributed by atoms with Gasteiger partial charge in [0, 0.05) is 11.0 Å². The summed E-state index contributed by atoms with van der Waals surface area (Å²) in [6.45, 7) is 8.65. The average molecular weight is 352 g/mol. The summed E-state index contributed by atoms with van der Waals surface area (Å²) in [5, 5.41) is 4.08. The van der Waals surface area contributed by atoms with Crippen molar-refractivity contribution in [1.82, 2.24) is 10.1 Å². The van der Waals surface area contributed by atoms with Gasteiger partial charge in [-0.05, 0) is 30.7 Å². The lowest BCUT2D eigenvalue weighted by Crippen LogP contribution is -2.11. The molecule has 5 nitrogen and oxygen atoms in total. The van der Waals surface area contributed by atoms with Crippen molar-refractivity contribution in [2.45, 2.75) is 39.7 Å². The molecule has 5 heteroatoms. The summed E-state index contributed by atoms with van der Waals surface area (Å²) >= 11 is 0. The van der Waals surface area contributed by atoms with Crippen molar-refractivity contribution in [3.05, 3.63) is 59.5 Å². The Morgan fingerprint density at radius 3 is 2.35 bits per heavy atom. The summed E-state index contributed by atoms with van der Waals surface area (Å²) in [7, 11) is 1.62. The highest BCUT2D eigenvalue weighted by Gasteiger charge is 2.22. The van der Waals surface area contributed by atoms with Gasteiger partial charge in [-0.2, -0.15) is 4.98 Å². The molecule has 0 radical (unpaired) electrons. The van der Waals surface area contributed by atoms with E-state index in [-0.39, 0.29) is 5.41 Å². The number of hydrogen-bond acceptors (Lipinski definition) is 5. The van der Waals surface area contributed by atoms with E-state index >= 15 is 0 Å². The predicted molar refractivity (Wildman–Crippen MR) is 100 cm³/mol. The number of methoxy groups -OCH3 is 1. The molecule has 0 fully saturated rings. The van der Waals surface area contributed by atoms with Gasteiger partial charge in [0.25, 0.3) is 0 Å². The molecule has 1 heterocycles. The minimum atomic E-state index is -0.188. The fourth-order valence-electron chi connectivity index (χ4n) is 2.42. The minimum absolute atomic E-state index is 0.188. The van der Waals surface area contributed by atoms with E-state index in [2.05, 4.69) is 41.3 Å². The van der Waals surface area contributed by atoms with Crippen LogP contribution in [0.25, 0.3) is 11.4 Å². The summed E-state index contributed by atoms with van der Waals surface area (Å²) in [4.78, 5) is 4.48. The third-order valence-electron chi connectivity index (χ3n) is 4.00. The van der Waals surface area contributed by atoms with Crippen LogP contribution in [0.15, 0.2) is 47.0 Å². The molecule has 0 spiro atoms. The molecule has 1 aromatic heterocycles. The molecule has 0 unspecified atom stereocenters. The zero-order valence-electron chi connectivity index (χ0n) is 15.9. The van der Waals surface area contributed by atoms with E-state index in [0.717, 1.165) is 11.1 Å². The van der Waals surface area contributed by atoms with Gasteiger partial charge in [-0.15, -0.1) is 0 Å². The highest BCUT2D eigenvalue weighted by molar-refractivity contribution is 5.60. The van der Waals surface area contributed by atoms with Crippen LogP contribution < -0.4 is 9.47 Å². The van der Waals surface area contributed by atoms with Gasteiger partial charge in [0.15, 0.2) is 11.5 Å². The Morgan fingerprint density at radius 1 is 1.00 bits per heavy atom. The maximum absolute atomic E-state index is 5.92. The fraction of sp³-hybridized carbons (Fsp3) is 0.333. The summed E-state index contributed by atoms with van der Waals surface area (Å²) in [5.74, 6) is 2.46. The fourth-order valence-corrected chi connectivity index (χ4v) is 2.42. The molecule has 0 saturated heterocycles. The van der Waals surface area contributed by atoms with Crippen molar-refractivity contribution < 1.29 is 14.0 Å². The number of ether oxygens (including phenoxy) is 2. The second-order valence-corrected chi connectivity index (χ2v) is 7.31. The topological polar surface area (TPSA) is 57.4 Å². The van der Waals surface area contributed by atoms with Crippen molar-refractivity contribution in [2.75, 3.05) is 7.11 Å². The number of nitrogens with zero attached hydrogens (tertiary/aromatic N) is 2. The normalized spacial score (nSPS) is 11.4. The molecular weight excluding hydrogens is 328 g/mol. The first-order valence-electron chi connectivity index (χ1n) is 8.58. The molecule has 0 saturated carbocycles. The minimum Gasteiger partial charge on any atom is -0.493 e. The van der Waals surface area contributed by atoms with E-state index in [9.17, 15) is 0 Å². The van der Waals surface area contributed by atoms with Gasteiger partial charge in [0.1, 0.15) is 6.61 Å². The SMILES string of the molecule is COc1cc(-c2noc(C(C)(C)C)n2)ccc1OCc1ccc(C)cc1. The monoisotopic (exact) mass is 352 g/mol. The molecule has 0 aliphatic heterocycles. The van der Waals surface area contributed by atoms with Crippen LogP contribution in [0.1, 0.15) is 37.8 Å². The number of rotatable bonds is 5. The predicted octanol–water partition coefficient (Wildman–Crippen LogP) is 4.93. The van der Waals surface area contributed by atoms with Crippen molar-refractivity contribution in [3.8, 4) is 22.9 Å². The number of hydrogen-bond donors (Lipinski definition) is 0. The Bertz CT molecular complexity index is 877. The average Bonchev–Trinajstić information content (AvgIpc) is 3.11. The van der Waals surface area contributed by atoms with E-state index < -0.39 is 0 Å². The molecule has 0 bridgehead atoms. The lowest BCUT2D eigenvalue weighted by Gasteiger charge is -2.12. The lowest BCUT2D eigenvalue weighted by atomic mass is 9.97. The van der Waals surface area contributed by atoms with E-state index in [0.29, 0.717) is 29.8 Å². The maximum atomic E-state index is 5.92. The molecule has 0 aliphatic carbocycles. The highest BCUT2D eigenvalue weighted by atomic mass is 16.5. The summed E-state index contributed by atoms with van der Waals surface area (Å²) in [6, 6.07) is 13.9. The Balaban J connectivity index is 1.79. The molecule has 3 aromatic rings. The van der Waals surface area contributed by atoms with Crippen molar-refractivity contribution in [3.63, 3.8) is 0 Å². The second kappa shape index (κ2) is 7.20. The molecule has 0 amide bonds. The van der Waals surface area contributed by atoms with Crippen LogP contribution in [0.4, 0.5) is 0 Å². The lowest BCUT2D eigenvalue weighted by molar-refractivity contribution is 0.284. The Kier molecular flexibility index (Phi) is 4.98. The van der Waals surface area contributed by atoms with E-state index in [1.165, 1.54) is 5.56 Å². The van der Waals surface area contributed by atoms with Crippen LogP contribution >= 0.6 is 0 Å². The summed E-state index contributed by atoms with van der Waals surface area (Å²) in [6.07, 6.45) is 0. The van der Waals surface area contributed by atoms with Crippen LogP contribution in [0.5, 0.6) is 11.5 Å². The van der Waals surface area contributed by atoms with Crippen LogP contribution in [0.3, 0.4) is 0 Å². The molecule has 26 heavy (non-hydrogen) atoms. The zero-order valence-corrected chi connectivity index (χ0v) is 15.9. The van der Waals surface area contributed by atoms with Gasteiger partial charge in [0.2, 0.25) is 11.7 Å². The first-order valence-corrected chi connectivity index (χ1v) is 8.58. The highest BCUT2D eigenvalue weighted by Crippen LogP contribution is 2.33. The van der Waals surface area contributed by atoms with Crippen molar-refractivity contribution in [1.29, 1.82) is 0 Å². The summed E-state index contributed by atoms with van der Waals surface area (Å²) < 4.78 is 16.8. The van der Waals surface area contributed by atoms with Crippen LogP contribution in [-0.4, -0.2) is 17.3 Å². The van der Waals surface area contributed by atoms with Gasteiger partial charge >= 0.3 is 0 Å². The Labute approximate surface area is 154 Å². The van der Waals surface area contributed by atoms with Crippen LogP contribution in [0, 0.1) is 6.92 Å². The third-order valence-corrected chi connectivity index (χ3v) is 4.00. The van der Waals surface area contributed by atoms with Gasteiger partial charge in [-0.25, -0.2) is 0 Å². The molecular formula is C21H24N2O3. The van der Waals surface area contributed by atoms with E-state index in [1.807, 2.05) is 39.0 Å². The maximum Gasteiger partial charge on any atom is 0.232 e. The van der Waals surface area contributed by atoms with Gasteiger partial charge < -0.3 is 14.0 Å². The Morgan fingerprint density at radius 2 is 1.73 bits per heavy atom. The van der Waals surface area contributed by atoms with Gasteiger partial charge in [-0.1, -0.05) is 55.8 Å². The molecule has 0 N–H and O–H groups in total. The largest absolute Gasteiger partial charge is 0.493 e. The van der Waals surface area contributed by atoms with Gasteiger partial charge in [-0.3, -0.25) is 0 Å². The summed E-state index contributed by atoms with van der Waals surface area (Å²) in [5.41, 5.74) is 2.97. The first kappa shape index (κ1) is 18.0.